The van der Waals surface area contributed by atoms with Gasteiger partial charge in [0.05, 0.1) is 0 Å². The van der Waals surface area contributed by atoms with Crippen LogP contribution in [0.5, 0.6) is 0 Å². The van der Waals surface area contributed by atoms with Crippen LogP contribution < -0.4 is 5.32 Å². The zero-order valence-corrected chi connectivity index (χ0v) is 11.9. The Labute approximate surface area is 117 Å². The maximum atomic E-state index is 6.09. The Bertz CT molecular complexity index is 539. The molecule has 0 aliphatic heterocycles. The van der Waals surface area contributed by atoms with Gasteiger partial charge in [0.1, 0.15) is 29.5 Å². The van der Waals surface area contributed by atoms with E-state index in [1.807, 2.05) is 11.6 Å². The van der Waals surface area contributed by atoms with E-state index < -0.39 is 0 Å². The van der Waals surface area contributed by atoms with Crippen molar-refractivity contribution in [1.29, 1.82) is 0 Å². The molecule has 2 rings (SSSR count). The van der Waals surface area contributed by atoms with E-state index in [0.717, 1.165) is 43.0 Å². The second-order valence-electron chi connectivity index (χ2n) is 4.28. The van der Waals surface area contributed by atoms with Gasteiger partial charge in [0.15, 0.2) is 0 Å². The number of aromatic nitrogens is 5. The van der Waals surface area contributed by atoms with Gasteiger partial charge in [0.2, 0.25) is 0 Å². The fourth-order valence-electron chi connectivity index (χ4n) is 1.84. The summed E-state index contributed by atoms with van der Waals surface area (Å²) in [6, 6.07) is 0. The van der Waals surface area contributed by atoms with E-state index in [1.54, 1.807) is 6.33 Å². The third-order valence-electron chi connectivity index (χ3n) is 2.84. The topological polar surface area (TPSA) is 68.5 Å². The first-order valence-electron chi connectivity index (χ1n) is 6.28. The number of nitrogens with one attached hydrogen (secondary N) is 1. The second-order valence-corrected chi connectivity index (χ2v) is 4.63. The standard InChI is InChI=1S/C12H17ClN6/c1-3-4-9-11(13)15-7-16-12(9)14-6-5-10-18-17-8-19(10)2/h7-8H,3-6H2,1-2H3,(H,14,15,16). The molecule has 102 valence electrons. The second kappa shape index (κ2) is 6.47. The van der Waals surface area contributed by atoms with Gasteiger partial charge in [0.25, 0.3) is 0 Å². The van der Waals surface area contributed by atoms with Crippen LogP contribution in [-0.2, 0) is 19.9 Å². The summed E-state index contributed by atoms with van der Waals surface area (Å²) in [7, 11) is 1.93. The Hall–Kier alpha value is -1.69. The molecule has 0 aromatic carbocycles. The fraction of sp³-hybridized carbons (Fsp3) is 0.500. The molecule has 19 heavy (non-hydrogen) atoms. The highest BCUT2D eigenvalue weighted by atomic mass is 35.5. The zero-order chi connectivity index (χ0) is 13.7. The van der Waals surface area contributed by atoms with Crippen molar-refractivity contribution in [1.82, 2.24) is 24.7 Å². The van der Waals surface area contributed by atoms with Crippen LogP contribution in [-0.4, -0.2) is 31.3 Å². The number of rotatable bonds is 6. The molecular weight excluding hydrogens is 264 g/mol. The highest BCUT2D eigenvalue weighted by Crippen LogP contribution is 2.21. The van der Waals surface area contributed by atoms with Gasteiger partial charge in [0, 0.05) is 25.6 Å². The minimum absolute atomic E-state index is 0.526. The number of hydrogen-bond donors (Lipinski definition) is 1. The summed E-state index contributed by atoms with van der Waals surface area (Å²) in [6.07, 6.45) is 5.83. The predicted octanol–water partition coefficient (Wildman–Crippen LogP) is 1.87. The Morgan fingerprint density at radius 1 is 1.32 bits per heavy atom. The Kier molecular flexibility index (Phi) is 4.68. The minimum Gasteiger partial charge on any atom is -0.369 e. The predicted molar refractivity (Wildman–Crippen MR) is 74.2 cm³/mol. The monoisotopic (exact) mass is 280 g/mol. The van der Waals surface area contributed by atoms with Crippen molar-refractivity contribution in [2.45, 2.75) is 26.2 Å². The lowest BCUT2D eigenvalue weighted by Crippen LogP contribution is -2.11. The summed E-state index contributed by atoms with van der Waals surface area (Å²) in [5.41, 5.74) is 0.977. The van der Waals surface area contributed by atoms with Crippen molar-refractivity contribution in [3.8, 4) is 0 Å². The summed E-state index contributed by atoms with van der Waals surface area (Å²) in [6.45, 7) is 2.84. The quantitative estimate of drug-likeness (QED) is 0.818. The number of anilines is 1. The molecule has 0 aliphatic carbocycles. The normalized spacial score (nSPS) is 10.7. The summed E-state index contributed by atoms with van der Waals surface area (Å²) in [5, 5.41) is 11.7. The number of halogens is 1. The van der Waals surface area contributed by atoms with Crippen LogP contribution >= 0.6 is 11.6 Å². The van der Waals surface area contributed by atoms with Crippen molar-refractivity contribution in [3.63, 3.8) is 0 Å². The van der Waals surface area contributed by atoms with Gasteiger partial charge in [-0.1, -0.05) is 24.9 Å². The molecule has 2 heterocycles. The first-order valence-corrected chi connectivity index (χ1v) is 6.66. The van der Waals surface area contributed by atoms with Crippen LogP contribution in [0.25, 0.3) is 0 Å². The Morgan fingerprint density at radius 2 is 2.16 bits per heavy atom. The number of aryl methyl sites for hydroxylation is 1. The molecule has 0 fully saturated rings. The smallest absolute Gasteiger partial charge is 0.137 e. The summed E-state index contributed by atoms with van der Waals surface area (Å²) in [5.74, 6) is 1.74. The van der Waals surface area contributed by atoms with E-state index in [4.69, 9.17) is 11.6 Å². The van der Waals surface area contributed by atoms with Gasteiger partial charge >= 0.3 is 0 Å². The van der Waals surface area contributed by atoms with Crippen LogP contribution in [0.1, 0.15) is 24.7 Å². The zero-order valence-electron chi connectivity index (χ0n) is 11.1. The average molecular weight is 281 g/mol. The molecular formula is C12H17ClN6. The van der Waals surface area contributed by atoms with Crippen molar-refractivity contribution >= 4 is 17.4 Å². The maximum Gasteiger partial charge on any atom is 0.137 e. The number of nitrogens with zero attached hydrogens (tertiary/aromatic N) is 5. The molecule has 2 aromatic rings. The van der Waals surface area contributed by atoms with Gasteiger partial charge < -0.3 is 9.88 Å². The van der Waals surface area contributed by atoms with Crippen LogP contribution in [0.3, 0.4) is 0 Å². The van der Waals surface area contributed by atoms with E-state index in [0.29, 0.717) is 5.15 Å². The van der Waals surface area contributed by atoms with E-state index in [-0.39, 0.29) is 0 Å². The van der Waals surface area contributed by atoms with Crippen molar-refractivity contribution in [3.05, 3.63) is 29.2 Å². The van der Waals surface area contributed by atoms with Gasteiger partial charge in [-0.2, -0.15) is 0 Å². The first kappa shape index (κ1) is 13.7. The molecule has 0 bridgehead atoms. The molecule has 0 spiro atoms. The SMILES string of the molecule is CCCc1c(Cl)ncnc1NCCc1nncn1C. The molecule has 1 N–H and O–H groups in total. The van der Waals surface area contributed by atoms with Crippen molar-refractivity contribution < 1.29 is 0 Å². The lowest BCUT2D eigenvalue weighted by Gasteiger charge is -2.10. The van der Waals surface area contributed by atoms with Crippen LogP contribution in [0.4, 0.5) is 5.82 Å². The molecule has 0 unspecified atom stereocenters. The minimum atomic E-state index is 0.526. The third-order valence-corrected chi connectivity index (χ3v) is 3.16. The van der Waals surface area contributed by atoms with Crippen molar-refractivity contribution in [2.75, 3.05) is 11.9 Å². The highest BCUT2D eigenvalue weighted by molar-refractivity contribution is 6.30. The molecule has 7 heteroatoms. The molecule has 0 saturated carbocycles. The van der Waals surface area contributed by atoms with Gasteiger partial charge in [-0.05, 0) is 6.42 Å². The first-order chi connectivity index (χ1) is 9.22. The fourth-order valence-corrected chi connectivity index (χ4v) is 2.07. The Balaban J connectivity index is 1.99. The van der Waals surface area contributed by atoms with Crippen molar-refractivity contribution in [2.24, 2.45) is 7.05 Å². The average Bonchev–Trinajstić information content (AvgIpc) is 2.79. The molecule has 0 radical (unpaired) electrons. The van der Waals surface area contributed by atoms with E-state index in [2.05, 4.69) is 32.4 Å². The van der Waals surface area contributed by atoms with Gasteiger partial charge in [-0.15, -0.1) is 10.2 Å². The van der Waals surface area contributed by atoms with E-state index in [9.17, 15) is 0 Å². The molecule has 0 saturated heterocycles. The maximum absolute atomic E-state index is 6.09. The summed E-state index contributed by atoms with van der Waals surface area (Å²) in [4.78, 5) is 8.27. The van der Waals surface area contributed by atoms with E-state index in [1.165, 1.54) is 6.33 Å². The molecule has 0 aliphatic rings. The van der Waals surface area contributed by atoms with Gasteiger partial charge in [-0.3, -0.25) is 0 Å². The van der Waals surface area contributed by atoms with Crippen LogP contribution in [0.15, 0.2) is 12.7 Å². The van der Waals surface area contributed by atoms with Crippen LogP contribution in [0, 0.1) is 0 Å². The van der Waals surface area contributed by atoms with Crippen LogP contribution in [0.2, 0.25) is 5.15 Å². The van der Waals surface area contributed by atoms with Gasteiger partial charge in [-0.25, -0.2) is 9.97 Å². The van der Waals surface area contributed by atoms with E-state index >= 15 is 0 Å². The summed E-state index contributed by atoms with van der Waals surface area (Å²) >= 11 is 6.09. The molecule has 2 aromatic heterocycles. The summed E-state index contributed by atoms with van der Waals surface area (Å²) < 4.78 is 1.90. The highest BCUT2D eigenvalue weighted by Gasteiger charge is 2.09. The molecule has 6 nitrogen and oxygen atoms in total. The lowest BCUT2D eigenvalue weighted by atomic mass is 10.2. The Morgan fingerprint density at radius 3 is 2.84 bits per heavy atom. The lowest BCUT2D eigenvalue weighted by molar-refractivity contribution is 0.785. The molecule has 0 atom stereocenters. The molecule has 0 amide bonds. The third kappa shape index (κ3) is 3.41. The largest absolute Gasteiger partial charge is 0.369 e. The number of hydrogen-bond acceptors (Lipinski definition) is 5.